The van der Waals surface area contributed by atoms with Gasteiger partial charge < -0.3 is 9.47 Å². The summed E-state index contributed by atoms with van der Waals surface area (Å²) in [6, 6.07) is 62.4. The molecule has 6 heteroatoms. The summed E-state index contributed by atoms with van der Waals surface area (Å²) in [6.45, 7) is 0. The van der Waals surface area contributed by atoms with Crippen LogP contribution in [0, 0.1) is 0 Å². The fourth-order valence-corrected chi connectivity index (χ4v) is 9.36. The minimum absolute atomic E-state index is 0.0477. The van der Waals surface area contributed by atoms with Gasteiger partial charge >= 0.3 is 0 Å². The quantitative estimate of drug-likeness (QED) is 0.169. The molecule has 6 nitrogen and oxygen atoms in total. The van der Waals surface area contributed by atoms with Gasteiger partial charge in [-0.05, 0) is 82.6 Å². The van der Waals surface area contributed by atoms with Crippen LogP contribution < -0.4 is 0 Å². The maximum atomic E-state index is 5.25. The molecule has 1 aliphatic heterocycles. The van der Waals surface area contributed by atoms with Crippen LogP contribution >= 0.6 is 0 Å². The standard InChI is InChI=1S/C55H38N6/c1-59-32-14-22-37-27-31-49-51(52(37)59)45-29-26-42(35-50(45)61(49)55-57-53(38-17-7-3-8-18-38)56-54(58-55)39-19-9-4-10-20-39)41-28-30-48-46(34-41)44-24-11-12-25-47(44)60(48)43-23-13-21-40(33-43)36-15-5-2-6-16-36/h2-35,52H,1H3. The topological polar surface area (TPSA) is 51.8 Å². The van der Waals surface area contributed by atoms with E-state index >= 15 is 0 Å². The zero-order valence-electron chi connectivity index (χ0n) is 33.4. The summed E-state index contributed by atoms with van der Waals surface area (Å²) < 4.78 is 4.64. The average molecular weight is 783 g/mol. The molecule has 0 N–H and O–H groups in total. The maximum absolute atomic E-state index is 5.25. The first-order valence-electron chi connectivity index (χ1n) is 20.7. The van der Waals surface area contributed by atoms with Crippen molar-refractivity contribution in [3.8, 4) is 56.7 Å². The third-order valence-electron chi connectivity index (χ3n) is 12.2. The summed E-state index contributed by atoms with van der Waals surface area (Å²) in [4.78, 5) is 17.8. The van der Waals surface area contributed by atoms with Crippen LogP contribution in [0.5, 0.6) is 0 Å². The van der Waals surface area contributed by atoms with Crippen LogP contribution in [0.1, 0.15) is 17.3 Å². The molecule has 3 aromatic heterocycles. The lowest BCUT2D eigenvalue weighted by Gasteiger charge is -2.33. The number of nitrogens with zero attached hydrogens (tertiary/aromatic N) is 6. The Morgan fingerprint density at radius 3 is 1.82 bits per heavy atom. The molecular weight excluding hydrogens is 745 g/mol. The molecule has 0 saturated heterocycles. The van der Waals surface area contributed by atoms with E-state index < -0.39 is 0 Å². The molecule has 0 amide bonds. The Morgan fingerprint density at radius 1 is 0.443 bits per heavy atom. The van der Waals surface area contributed by atoms with Crippen LogP contribution in [0.2, 0.25) is 0 Å². The van der Waals surface area contributed by atoms with E-state index in [-0.39, 0.29) is 6.04 Å². The molecule has 0 radical (unpaired) electrons. The van der Waals surface area contributed by atoms with Crippen LogP contribution in [0.3, 0.4) is 0 Å². The van der Waals surface area contributed by atoms with Gasteiger partial charge in [-0.1, -0.05) is 152 Å². The molecule has 0 bridgehead atoms. The second-order valence-electron chi connectivity index (χ2n) is 15.8. The molecule has 61 heavy (non-hydrogen) atoms. The zero-order chi connectivity index (χ0) is 40.4. The predicted octanol–water partition coefficient (Wildman–Crippen LogP) is 13.0. The fraction of sp³-hybridized carbons (Fsp3) is 0.0364. The highest BCUT2D eigenvalue weighted by Gasteiger charge is 2.32. The number of allylic oxidation sites excluding steroid dienone is 2. The highest BCUT2D eigenvalue weighted by Crippen LogP contribution is 2.45. The number of hydrogen-bond donors (Lipinski definition) is 0. The number of aromatic nitrogens is 5. The largest absolute Gasteiger partial charge is 0.369 e. The van der Waals surface area contributed by atoms with Crippen molar-refractivity contribution in [1.82, 2.24) is 29.0 Å². The van der Waals surface area contributed by atoms with Gasteiger partial charge in [0.05, 0.1) is 28.3 Å². The molecule has 2 aliphatic rings. The molecular formula is C55H38N6. The Hall–Kier alpha value is -8.09. The van der Waals surface area contributed by atoms with Gasteiger partial charge in [-0.25, -0.2) is 4.98 Å². The van der Waals surface area contributed by atoms with Crippen LogP contribution in [0.4, 0.5) is 0 Å². The number of likely N-dealkylation sites (N-methyl/N-ethyl adjacent to an activating group) is 1. The molecule has 12 rings (SSSR count). The van der Waals surface area contributed by atoms with E-state index in [0.29, 0.717) is 17.6 Å². The van der Waals surface area contributed by atoms with Gasteiger partial charge in [-0.3, -0.25) is 4.57 Å². The first-order chi connectivity index (χ1) is 30.2. The number of benzene rings is 7. The Labute approximate surface area is 353 Å². The van der Waals surface area contributed by atoms with Gasteiger partial charge in [0.25, 0.3) is 0 Å². The van der Waals surface area contributed by atoms with Gasteiger partial charge in [-0.15, -0.1) is 0 Å². The summed E-state index contributed by atoms with van der Waals surface area (Å²) in [5, 5.41) is 3.59. The smallest absolute Gasteiger partial charge is 0.238 e. The van der Waals surface area contributed by atoms with Crippen molar-refractivity contribution >= 4 is 38.8 Å². The number of hydrogen-bond acceptors (Lipinski definition) is 4. The lowest BCUT2D eigenvalue weighted by atomic mass is 9.88. The fourth-order valence-electron chi connectivity index (χ4n) is 9.36. The number of fused-ring (bicyclic) bond motifs is 8. The first-order valence-corrected chi connectivity index (χ1v) is 20.7. The van der Waals surface area contributed by atoms with Crippen molar-refractivity contribution in [1.29, 1.82) is 0 Å². The van der Waals surface area contributed by atoms with Gasteiger partial charge in [0, 0.05) is 45.6 Å². The molecule has 1 atom stereocenters. The van der Waals surface area contributed by atoms with Crippen molar-refractivity contribution < 1.29 is 0 Å². The van der Waals surface area contributed by atoms with Gasteiger partial charge in [0.2, 0.25) is 5.95 Å². The molecule has 1 unspecified atom stereocenters. The predicted molar refractivity (Wildman–Crippen MR) is 250 cm³/mol. The molecule has 0 saturated carbocycles. The van der Waals surface area contributed by atoms with Crippen LogP contribution in [-0.2, 0) is 0 Å². The number of para-hydroxylation sites is 1. The van der Waals surface area contributed by atoms with Crippen molar-refractivity contribution in [2.75, 3.05) is 7.05 Å². The van der Waals surface area contributed by atoms with Crippen molar-refractivity contribution in [2.24, 2.45) is 0 Å². The Bertz CT molecular complexity index is 3370. The lowest BCUT2D eigenvalue weighted by Crippen LogP contribution is -2.24. The molecule has 0 spiro atoms. The molecule has 7 aromatic carbocycles. The van der Waals surface area contributed by atoms with E-state index in [9.17, 15) is 0 Å². The van der Waals surface area contributed by atoms with Gasteiger partial charge in [0.1, 0.15) is 0 Å². The SMILES string of the molecule is CN1C=CC=C2C=Cc3c(c4ccc(-c5ccc6c(c5)c5ccccc5n6-c5cccc(-c6ccccc6)c5)cc4n3-c3nc(-c4ccccc4)nc(-c4ccccc4)n3)C21. The molecule has 1 aliphatic carbocycles. The second kappa shape index (κ2) is 14.0. The van der Waals surface area contributed by atoms with Crippen LogP contribution in [-0.4, -0.2) is 36.0 Å². The molecule has 288 valence electrons. The molecule has 0 fully saturated rings. The van der Waals surface area contributed by atoms with E-state index in [1.165, 1.54) is 49.5 Å². The Morgan fingerprint density at radius 2 is 1.07 bits per heavy atom. The van der Waals surface area contributed by atoms with Gasteiger partial charge in [0.15, 0.2) is 11.6 Å². The monoisotopic (exact) mass is 782 g/mol. The molecule has 4 heterocycles. The van der Waals surface area contributed by atoms with Crippen molar-refractivity contribution in [2.45, 2.75) is 6.04 Å². The second-order valence-corrected chi connectivity index (χ2v) is 15.8. The first kappa shape index (κ1) is 34.9. The highest BCUT2D eigenvalue weighted by molar-refractivity contribution is 6.10. The number of rotatable bonds is 6. The van der Waals surface area contributed by atoms with Gasteiger partial charge in [-0.2, -0.15) is 9.97 Å². The Kier molecular flexibility index (Phi) is 8.03. The maximum Gasteiger partial charge on any atom is 0.238 e. The van der Waals surface area contributed by atoms with E-state index in [1.54, 1.807) is 0 Å². The summed E-state index contributed by atoms with van der Waals surface area (Å²) in [7, 11) is 2.15. The van der Waals surface area contributed by atoms with E-state index in [2.05, 4.69) is 191 Å². The Balaban J connectivity index is 1.07. The van der Waals surface area contributed by atoms with Crippen molar-refractivity contribution in [3.05, 3.63) is 217 Å². The summed E-state index contributed by atoms with van der Waals surface area (Å²) in [5.41, 5.74) is 14.6. The highest BCUT2D eigenvalue weighted by atomic mass is 15.2. The average Bonchev–Trinajstić information content (AvgIpc) is 3.84. The van der Waals surface area contributed by atoms with Crippen molar-refractivity contribution in [3.63, 3.8) is 0 Å². The van der Waals surface area contributed by atoms with Crippen LogP contribution in [0.15, 0.2) is 206 Å². The van der Waals surface area contributed by atoms with Crippen LogP contribution in [0.25, 0.3) is 95.5 Å². The normalized spacial score (nSPS) is 14.4. The summed E-state index contributed by atoms with van der Waals surface area (Å²) in [5.74, 6) is 1.84. The third-order valence-corrected chi connectivity index (χ3v) is 12.2. The summed E-state index contributed by atoms with van der Waals surface area (Å²) in [6.07, 6.45) is 11.0. The molecule has 10 aromatic rings. The van der Waals surface area contributed by atoms with E-state index in [4.69, 9.17) is 15.0 Å². The zero-order valence-corrected chi connectivity index (χ0v) is 33.4. The lowest BCUT2D eigenvalue weighted by molar-refractivity contribution is 0.378. The van der Waals surface area contributed by atoms with E-state index in [0.717, 1.165) is 39.2 Å². The minimum Gasteiger partial charge on any atom is -0.369 e. The summed E-state index contributed by atoms with van der Waals surface area (Å²) >= 11 is 0. The third kappa shape index (κ3) is 5.75. The van der Waals surface area contributed by atoms with E-state index in [1.807, 2.05) is 36.4 Å². The minimum atomic E-state index is 0.0477.